The molecule has 1 unspecified atom stereocenters. The Labute approximate surface area is 112 Å². The molecular weight excluding hydrogens is 240 g/mol. The zero-order valence-corrected chi connectivity index (χ0v) is 10.9. The SMILES string of the molecule is Cn1cc(CNC(=O)C(CN)c2ccccc2)cn1. The molecule has 2 aromatic rings. The monoisotopic (exact) mass is 258 g/mol. The van der Waals surface area contributed by atoms with Crippen molar-refractivity contribution in [1.82, 2.24) is 15.1 Å². The molecule has 0 radical (unpaired) electrons. The Morgan fingerprint density at radius 3 is 2.74 bits per heavy atom. The molecule has 1 atom stereocenters. The summed E-state index contributed by atoms with van der Waals surface area (Å²) in [6.45, 7) is 0.763. The maximum Gasteiger partial charge on any atom is 0.229 e. The number of carbonyl (C=O) groups is 1. The number of hydrogen-bond acceptors (Lipinski definition) is 3. The molecular formula is C14H18N4O. The molecule has 0 spiro atoms. The van der Waals surface area contributed by atoms with Crippen molar-refractivity contribution >= 4 is 5.91 Å². The molecule has 0 saturated heterocycles. The fourth-order valence-electron chi connectivity index (χ4n) is 1.96. The van der Waals surface area contributed by atoms with Crippen molar-refractivity contribution in [3.8, 4) is 0 Å². The highest BCUT2D eigenvalue weighted by atomic mass is 16.1. The van der Waals surface area contributed by atoms with Crippen molar-refractivity contribution in [3.63, 3.8) is 0 Å². The lowest BCUT2D eigenvalue weighted by molar-refractivity contribution is -0.122. The fraction of sp³-hybridized carbons (Fsp3) is 0.286. The molecule has 0 aliphatic heterocycles. The van der Waals surface area contributed by atoms with Crippen LogP contribution in [0.1, 0.15) is 17.0 Å². The summed E-state index contributed by atoms with van der Waals surface area (Å²) < 4.78 is 1.71. The molecule has 1 aromatic carbocycles. The summed E-state index contributed by atoms with van der Waals surface area (Å²) in [6.07, 6.45) is 3.61. The number of aromatic nitrogens is 2. The van der Waals surface area contributed by atoms with E-state index in [0.29, 0.717) is 13.1 Å². The second-order valence-electron chi connectivity index (χ2n) is 4.44. The van der Waals surface area contributed by atoms with Crippen molar-refractivity contribution in [2.24, 2.45) is 12.8 Å². The Hall–Kier alpha value is -2.14. The van der Waals surface area contributed by atoms with E-state index in [0.717, 1.165) is 11.1 Å². The molecule has 5 nitrogen and oxygen atoms in total. The summed E-state index contributed by atoms with van der Waals surface area (Å²) in [5.41, 5.74) is 7.61. The van der Waals surface area contributed by atoms with Crippen LogP contribution in [0.5, 0.6) is 0 Å². The van der Waals surface area contributed by atoms with Gasteiger partial charge in [-0.3, -0.25) is 9.48 Å². The maximum absolute atomic E-state index is 12.1. The average Bonchev–Trinajstić information content (AvgIpc) is 2.84. The topological polar surface area (TPSA) is 72.9 Å². The molecule has 1 aromatic heterocycles. The van der Waals surface area contributed by atoms with Gasteiger partial charge >= 0.3 is 0 Å². The molecule has 0 aliphatic carbocycles. The van der Waals surface area contributed by atoms with Gasteiger partial charge < -0.3 is 11.1 Å². The van der Waals surface area contributed by atoms with E-state index in [4.69, 9.17) is 5.73 Å². The summed E-state index contributed by atoms with van der Waals surface area (Å²) in [6, 6.07) is 9.58. The lowest BCUT2D eigenvalue weighted by Crippen LogP contribution is -2.33. The molecule has 3 N–H and O–H groups in total. The fourth-order valence-corrected chi connectivity index (χ4v) is 1.96. The molecule has 100 valence electrons. The van der Waals surface area contributed by atoms with E-state index < -0.39 is 0 Å². The standard InChI is InChI=1S/C14H18N4O/c1-18-10-11(9-17-18)8-16-14(19)13(7-15)12-5-3-2-4-6-12/h2-6,9-10,13H,7-8,15H2,1H3,(H,16,19). The van der Waals surface area contributed by atoms with Gasteiger partial charge in [-0.05, 0) is 5.56 Å². The number of aryl methyl sites for hydroxylation is 1. The Kier molecular flexibility index (Phi) is 4.30. The quantitative estimate of drug-likeness (QED) is 0.832. The largest absolute Gasteiger partial charge is 0.351 e. The first kappa shape index (κ1) is 13.3. The minimum atomic E-state index is -0.308. The van der Waals surface area contributed by atoms with Crippen LogP contribution >= 0.6 is 0 Å². The number of benzene rings is 1. The first-order valence-corrected chi connectivity index (χ1v) is 6.21. The van der Waals surface area contributed by atoms with Gasteiger partial charge in [-0.15, -0.1) is 0 Å². The predicted octanol–water partition coefficient (Wildman–Crippen LogP) is 0.779. The van der Waals surface area contributed by atoms with E-state index in [1.54, 1.807) is 10.9 Å². The second kappa shape index (κ2) is 6.15. The van der Waals surface area contributed by atoms with Gasteiger partial charge in [0.15, 0.2) is 0 Å². The highest BCUT2D eigenvalue weighted by Crippen LogP contribution is 2.14. The number of hydrogen-bond donors (Lipinski definition) is 2. The number of carbonyl (C=O) groups excluding carboxylic acids is 1. The molecule has 0 aliphatic rings. The van der Waals surface area contributed by atoms with Crippen LogP contribution in [0.25, 0.3) is 0 Å². The van der Waals surface area contributed by atoms with Crippen LogP contribution in [0.2, 0.25) is 0 Å². The minimum absolute atomic E-state index is 0.0578. The van der Waals surface area contributed by atoms with Crippen LogP contribution in [0.4, 0.5) is 0 Å². The first-order chi connectivity index (χ1) is 9.20. The molecule has 2 rings (SSSR count). The van der Waals surface area contributed by atoms with Gasteiger partial charge in [0.1, 0.15) is 0 Å². The molecule has 0 bridgehead atoms. The van der Waals surface area contributed by atoms with Gasteiger partial charge in [0, 0.05) is 31.9 Å². The van der Waals surface area contributed by atoms with Crippen LogP contribution in [0.15, 0.2) is 42.7 Å². The summed E-state index contributed by atoms with van der Waals surface area (Å²) in [5, 5.41) is 6.95. The predicted molar refractivity (Wildman–Crippen MR) is 73.3 cm³/mol. The summed E-state index contributed by atoms with van der Waals surface area (Å²) in [5.74, 6) is -0.365. The number of amides is 1. The van der Waals surface area contributed by atoms with E-state index in [9.17, 15) is 4.79 Å². The van der Waals surface area contributed by atoms with Crippen LogP contribution in [-0.2, 0) is 18.4 Å². The zero-order valence-electron chi connectivity index (χ0n) is 10.9. The smallest absolute Gasteiger partial charge is 0.229 e. The van der Waals surface area contributed by atoms with Crippen molar-refractivity contribution in [1.29, 1.82) is 0 Å². The van der Waals surface area contributed by atoms with Crippen molar-refractivity contribution in [2.45, 2.75) is 12.5 Å². The summed E-state index contributed by atoms with van der Waals surface area (Å²) in [7, 11) is 1.85. The van der Waals surface area contributed by atoms with Gasteiger partial charge in [-0.1, -0.05) is 30.3 Å². The lowest BCUT2D eigenvalue weighted by Gasteiger charge is -2.14. The molecule has 1 heterocycles. The normalized spacial score (nSPS) is 12.1. The maximum atomic E-state index is 12.1. The Balaban J connectivity index is 1.98. The third-order valence-electron chi connectivity index (χ3n) is 2.98. The number of nitrogens with zero attached hydrogens (tertiary/aromatic N) is 2. The Bertz CT molecular complexity index is 535. The van der Waals surface area contributed by atoms with E-state index in [-0.39, 0.29) is 11.8 Å². The molecule has 19 heavy (non-hydrogen) atoms. The van der Waals surface area contributed by atoms with Crippen molar-refractivity contribution < 1.29 is 4.79 Å². The van der Waals surface area contributed by atoms with Gasteiger partial charge in [-0.2, -0.15) is 5.10 Å². The van der Waals surface area contributed by atoms with E-state index >= 15 is 0 Å². The minimum Gasteiger partial charge on any atom is -0.351 e. The molecule has 0 fully saturated rings. The van der Waals surface area contributed by atoms with Crippen LogP contribution in [0, 0.1) is 0 Å². The van der Waals surface area contributed by atoms with Gasteiger partial charge in [0.25, 0.3) is 0 Å². The van der Waals surface area contributed by atoms with Crippen LogP contribution in [-0.4, -0.2) is 22.2 Å². The van der Waals surface area contributed by atoms with Crippen molar-refractivity contribution in [2.75, 3.05) is 6.54 Å². The van der Waals surface area contributed by atoms with E-state index in [1.807, 2.05) is 43.6 Å². The number of rotatable bonds is 5. The van der Waals surface area contributed by atoms with Gasteiger partial charge in [-0.25, -0.2) is 0 Å². The zero-order chi connectivity index (χ0) is 13.7. The third kappa shape index (κ3) is 3.42. The van der Waals surface area contributed by atoms with E-state index in [2.05, 4.69) is 10.4 Å². The second-order valence-corrected chi connectivity index (χ2v) is 4.44. The Morgan fingerprint density at radius 1 is 1.42 bits per heavy atom. The van der Waals surface area contributed by atoms with Crippen LogP contribution in [0.3, 0.4) is 0 Å². The number of nitrogens with one attached hydrogen (secondary N) is 1. The molecule has 0 saturated carbocycles. The average molecular weight is 258 g/mol. The molecule has 1 amide bonds. The first-order valence-electron chi connectivity index (χ1n) is 6.21. The highest BCUT2D eigenvalue weighted by molar-refractivity contribution is 5.83. The van der Waals surface area contributed by atoms with Crippen LogP contribution < -0.4 is 11.1 Å². The highest BCUT2D eigenvalue weighted by Gasteiger charge is 2.18. The third-order valence-corrected chi connectivity index (χ3v) is 2.98. The summed E-state index contributed by atoms with van der Waals surface area (Å²) in [4.78, 5) is 12.1. The van der Waals surface area contributed by atoms with Crippen molar-refractivity contribution in [3.05, 3.63) is 53.9 Å². The Morgan fingerprint density at radius 2 is 2.16 bits per heavy atom. The number of nitrogens with two attached hydrogens (primary N) is 1. The van der Waals surface area contributed by atoms with Gasteiger partial charge in [0.05, 0.1) is 12.1 Å². The van der Waals surface area contributed by atoms with Gasteiger partial charge in [0.2, 0.25) is 5.91 Å². The lowest BCUT2D eigenvalue weighted by atomic mass is 9.98. The summed E-state index contributed by atoms with van der Waals surface area (Å²) >= 11 is 0. The molecule has 5 heteroatoms. The van der Waals surface area contributed by atoms with E-state index in [1.165, 1.54) is 0 Å².